The van der Waals surface area contributed by atoms with Crippen LogP contribution in [0.15, 0.2) is 18.2 Å². The lowest BCUT2D eigenvalue weighted by Gasteiger charge is -2.20. The van der Waals surface area contributed by atoms with Gasteiger partial charge < -0.3 is 15.2 Å². The van der Waals surface area contributed by atoms with Crippen LogP contribution in [0.3, 0.4) is 0 Å². The second kappa shape index (κ2) is 4.53. The van der Waals surface area contributed by atoms with Gasteiger partial charge in [-0.05, 0) is 31.9 Å². The topological polar surface area (TPSA) is 44.5 Å². The summed E-state index contributed by atoms with van der Waals surface area (Å²) in [6.45, 7) is 3.99. The molecule has 0 saturated carbocycles. The van der Waals surface area contributed by atoms with E-state index >= 15 is 0 Å². The number of ether oxygens (including phenoxy) is 2. The van der Waals surface area contributed by atoms with Crippen LogP contribution in [0, 0.1) is 0 Å². The summed E-state index contributed by atoms with van der Waals surface area (Å²) in [6, 6.07) is 5.79. The molecule has 0 spiro atoms. The molecule has 0 heterocycles. The van der Waals surface area contributed by atoms with E-state index in [4.69, 9.17) is 15.2 Å². The molecule has 0 radical (unpaired) electrons. The summed E-state index contributed by atoms with van der Waals surface area (Å²) in [4.78, 5) is 0. The fourth-order valence-corrected chi connectivity index (χ4v) is 1.49. The first kappa shape index (κ1) is 11.9. The molecule has 0 saturated heterocycles. The van der Waals surface area contributed by atoms with E-state index in [1.54, 1.807) is 14.2 Å². The van der Waals surface area contributed by atoms with Gasteiger partial charge in [-0.1, -0.05) is 6.07 Å². The zero-order valence-corrected chi connectivity index (χ0v) is 9.83. The summed E-state index contributed by atoms with van der Waals surface area (Å²) in [6.07, 6.45) is 0.778. The van der Waals surface area contributed by atoms with Gasteiger partial charge in [-0.2, -0.15) is 0 Å². The first-order valence-corrected chi connectivity index (χ1v) is 4.96. The maximum Gasteiger partial charge on any atom is 0.125 e. The SMILES string of the molecule is COc1ccc(CC(C)(C)N)c(OC)c1. The first-order chi connectivity index (χ1) is 6.96. The molecule has 0 atom stereocenters. The lowest BCUT2D eigenvalue weighted by molar-refractivity contribution is 0.386. The minimum absolute atomic E-state index is 0.234. The van der Waals surface area contributed by atoms with E-state index in [1.165, 1.54) is 0 Å². The van der Waals surface area contributed by atoms with E-state index in [9.17, 15) is 0 Å². The van der Waals surface area contributed by atoms with Crippen LogP contribution in [-0.4, -0.2) is 19.8 Å². The zero-order valence-electron chi connectivity index (χ0n) is 9.83. The molecule has 2 N–H and O–H groups in total. The molecular weight excluding hydrogens is 190 g/mol. The van der Waals surface area contributed by atoms with Crippen molar-refractivity contribution in [3.8, 4) is 11.5 Å². The maximum atomic E-state index is 5.97. The number of hydrogen-bond donors (Lipinski definition) is 1. The average Bonchev–Trinajstić information content (AvgIpc) is 2.16. The first-order valence-electron chi connectivity index (χ1n) is 4.96. The van der Waals surface area contributed by atoms with Crippen LogP contribution in [-0.2, 0) is 6.42 Å². The number of hydrogen-bond acceptors (Lipinski definition) is 3. The Hall–Kier alpha value is -1.22. The molecule has 0 unspecified atom stereocenters. The van der Waals surface area contributed by atoms with Crippen molar-refractivity contribution in [1.82, 2.24) is 0 Å². The highest BCUT2D eigenvalue weighted by atomic mass is 16.5. The third-order valence-electron chi connectivity index (χ3n) is 2.14. The van der Waals surface area contributed by atoms with Crippen molar-refractivity contribution in [2.75, 3.05) is 14.2 Å². The highest BCUT2D eigenvalue weighted by Gasteiger charge is 2.15. The molecule has 15 heavy (non-hydrogen) atoms. The Morgan fingerprint density at radius 1 is 1.20 bits per heavy atom. The lowest BCUT2D eigenvalue weighted by atomic mass is 9.95. The van der Waals surface area contributed by atoms with Crippen LogP contribution in [0.5, 0.6) is 11.5 Å². The lowest BCUT2D eigenvalue weighted by Crippen LogP contribution is -2.34. The van der Waals surface area contributed by atoms with E-state index in [2.05, 4.69) is 0 Å². The highest BCUT2D eigenvalue weighted by Crippen LogP contribution is 2.26. The molecule has 0 amide bonds. The fourth-order valence-electron chi connectivity index (χ4n) is 1.49. The van der Waals surface area contributed by atoms with Gasteiger partial charge >= 0.3 is 0 Å². The third kappa shape index (κ3) is 3.44. The number of methoxy groups -OCH3 is 2. The Bertz CT molecular complexity index is 329. The number of nitrogens with two attached hydrogens (primary N) is 1. The fraction of sp³-hybridized carbons (Fsp3) is 0.500. The van der Waals surface area contributed by atoms with Crippen molar-refractivity contribution in [2.24, 2.45) is 5.73 Å². The van der Waals surface area contributed by atoms with Gasteiger partial charge in [-0.15, -0.1) is 0 Å². The van der Waals surface area contributed by atoms with Gasteiger partial charge in [0.2, 0.25) is 0 Å². The molecule has 1 aromatic carbocycles. The van der Waals surface area contributed by atoms with Crippen LogP contribution < -0.4 is 15.2 Å². The minimum atomic E-state index is -0.234. The van der Waals surface area contributed by atoms with Crippen LogP contribution in [0.1, 0.15) is 19.4 Å². The summed E-state index contributed by atoms with van der Waals surface area (Å²) < 4.78 is 10.4. The van der Waals surface area contributed by atoms with E-state index in [-0.39, 0.29) is 5.54 Å². The Morgan fingerprint density at radius 3 is 2.33 bits per heavy atom. The van der Waals surface area contributed by atoms with Crippen molar-refractivity contribution >= 4 is 0 Å². The summed E-state index contributed by atoms with van der Waals surface area (Å²) in [5.74, 6) is 1.62. The molecule has 0 aromatic heterocycles. The smallest absolute Gasteiger partial charge is 0.125 e. The monoisotopic (exact) mass is 209 g/mol. The van der Waals surface area contributed by atoms with Gasteiger partial charge in [0.15, 0.2) is 0 Å². The standard InChI is InChI=1S/C12H19NO2/c1-12(2,13)8-9-5-6-10(14-3)7-11(9)15-4/h5-7H,8,13H2,1-4H3. The zero-order chi connectivity index (χ0) is 11.5. The summed E-state index contributed by atoms with van der Waals surface area (Å²) in [5, 5.41) is 0. The molecule has 0 bridgehead atoms. The Balaban J connectivity index is 2.97. The quantitative estimate of drug-likeness (QED) is 0.824. The summed E-state index contributed by atoms with van der Waals surface area (Å²) in [5.41, 5.74) is 6.84. The van der Waals surface area contributed by atoms with Crippen LogP contribution in [0.4, 0.5) is 0 Å². The molecule has 0 fully saturated rings. The molecule has 1 aromatic rings. The van der Waals surface area contributed by atoms with Crippen molar-refractivity contribution in [2.45, 2.75) is 25.8 Å². The normalized spacial score (nSPS) is 11.3. The van der Waals surface area contributed by atoms with Gasteiger partial charge in [0.1, 0.15) is 11.5 Å². The molecule has 3 nitrogen and oxygen atoms in total. The van der Waals surface area contributed by atoms with Crippen molar-refractivity contribution in [3.05, 3.63) is 23.8 Å². The van der Waals surface area contributed by atoms with Crippen molar-refractivity contribution < 1.29 is 9.47 Å². The summed E-state index contributed by atoms with van der Waals surface area (Å²) in [7, 11) is 3.29. The Morgan fingerprint density at radius 2 is 1.87 bits per heavy atom. The predicted octanol–water partition coefficient (Wildman–Crippen LogP) is 1.98. The van der Waals surface area contributed by atoms with E-state index in [0.717, 1.165) is 23.5 Å². The van der Waals surface area contributed by atoms with E-state index in [1.807, 2.05) is 32.0 Å². The van der Waals surface area contributed by atoms with Gasteiger partial charge in [-0.3, -0.25) is 0 Å². The number of benzene rings is 1. The largest absolute Gasteiger partial charge is 0.497 e. The average molecular weight is 209 g/mol. The third-order valence-corrected chi connectivity index (χ3v) is 2.14. The van der Waals surface area contributed by atoms with Gasteiger partial charge in [-0.25, -0.2) is 0 Å². The molecule has 3 heteroatoms. The number of rotatable bonds is 4. The Labute approximate surface area is 91.2 Å². The van der Waals surface area contributed by atoms with Gasteiger partial charge in [0.05, 0.1) is 14.2 Å². The molecular formula is C12H19NO2. The second-order valence-electron chi connectivity index (χ2n) is 4.34. The summed E-state index contributed by atoms with van der Waals surface area (Å²) >= 11 is 0. The Kier molecular flexibility index (Phi) is 3.58. The molecule has 84 valence electrons. The molecule has 1 rings (SSSR count). The van der Waals surface area contributed by atoms with Crippen molar-refractivity contribution in [3.63, 3.8) is 0 Å². The molecule has 0 aliphatic carbocycles. The molecule has 0 aliphatic rings. The van der Waals surface area contributed by atoms with Gasteiger partial charge in [0.25, 0.3) is 0 Å². The predicted molar refractivity (Wildman–Crippen MR) is 61.5 cm³/mol. The minimum Gasteiger partial charge on any atom is -0.497 e. The van der Waals surface area contributed by atoms with Crippen LogP contribution in [0.2, 0.25) is 0 Å². The van der Waals surface area contributed by atoms with Crippen molar-refractivity contribution in [1.29, 1.82) is 0 Å². The second-order valence-corrected chi connectivity index (χ2v) is 4.34. The van der Waals surface area contributed by atoms with Crippen LogP contribution >= 0.6 is 0 Å². The highest BCUT2D eigenvalue weighted by molar-refractivity contribution is 5.41. The molecule has 0 aliphatic heterocycles. The maximum absolute atomic E-state index is 5.97. The van der Waals surface area contributed by atoms with Crippen LogP contribution in [0.25, 0.3) is 0 Å². The van der Waals surface area contributed by atoms with E-state index in [0.29, 0.717) is 0 Å². The van der Waals surface area contributed by atoms with Gasteiger partial charge in [0, 0.05) is 11.6 Å². The van der Waals surface area contributed by atoms with E-state index < -0.39 is 0 Å².